The molecule has 3 rings (SSSR count). The molecule has 0 aliphatic rings. The fourth-order valence-corrected chi connectivity index (χ4v) is 3.12. The van der Waals surface area contributed by atoms with Crippen molar-refractivity contribution in [2.45, 2.75) is 33.7 Å². The van der Waals surface area contributed by atoms with Gasteiger partial charge in [0.1, 0.15) is 5.82 Å². The Hall–Kier alpha value is -3.35. The minimum absolute atomic E-state index is 0.290. The average molecular weight is 394 g/mol. The van der Waals surface area contributed by atoms with E-state index in [0.29, 0.717) is 23.7 Å². The Balaban J connectivity index is 1.70. The van der Waals surface area contributed by atoms with Crippen molar-refractivity contribution in [1.82, 2.24) is 15.0 Å². The SMILES string of the molecule is CCCOc1ccc(/C=N/NC(=O)c2ccc3c(c2)nc(C)n3CC)cc1OC. The van der Waals surface area contributed by atoms with Crippen LogP contribution >= 0.6 is 0 Å². The van der Waals surface area contributed by atoms with Gasteiger partial charge >= 0.3 is 0 Å². The number of aromatic nitrogens is 2. The van der Waals surface area contributed by atoms with Crippen LogP contribution in [0.3, 0.4) is 0 Å². The first-order chi connectivity index (χ1) is 14.1. The molecule has 0 fully saturated rings. The summed E-state index contributed by atoms with van der Waals surface area (Å²) in [6.07, 6.45) is 2.49. The van der Waals surface area contributed by atoms with Crippen molar-refractivity contribution < 1.29 is 14.3 Å². The molecule has 2 aromatic carbocycles. The zero-order chi connectivity index (χ0) is 20.8. The number of imidazole rings is 1. The standard InChI is InChI=1S/C22H26N4O3/c1-5-11-29-20-10-7-16(12-21(20)28-4)14-23-25-22(27)17-8-9-19-18(13-17)24-15(3)26(19)6-2/h7-10,12-14H,5-6,11H2,1-4H3,(H,25,27)/b23-14+. The number of fused-ring (bicyclic) bond motifs is 1. The first-order valence-corrected chi connectivity index (χ1v) is 9.68. The molecule has 0 unspecified atom stereocenters. The van der Waals surface area contributed by atoms with Gasteiger partial charge in [-0.1, -0.05) is 6.92 Å². The number of hydrogen-bond donors (Lipinski definition) is 1. The molecule has 1 aromatic heterocycles. The van der Waals surface area contributed by atoms with E-state index in [1.807, 2.05) is 38.1 Å². The highest BCUT2D eigenvalue weighted by Gasteiger charge is 2.10. The van der Waals surface area contributed by atoms with E-state index in [2.05, 4.69) is 27.0 Å². The Morgan fingerprint density at radius 2 is 2.03 bits per heavy atom. The van der Waals surface area contributed by atoms with E-state index in [9.17, 15) is 4.79 Å². The van der Waals surface area contributed by atoms with Gasteiger partial charge in [0.05, 0.1) is 31.0 Å². The van der Waals surface area contributed by atoms with Crippen LogP contribution in [0.2, 0.25) is 0 Å². The van der Waals surface area contributed by atoms with Crippen molar-refractivity contribution in [3.05, 3.63) is 53.3 Å². The van der Waals surface area contributed by atoms with Crippen molar-refractivity contribution in [2.24, 2.45) is 5.10 Å². The highest BCUT2D eigenvalue weighted by Crippen LogP contribution is 2.27. The van der Waals surface area contributed by atoms with E-state index in [0.717, 1.165) is 35.4 Å². The molecular formula is C22H26N4O3. The van der Waals surface area contributed by atoms with Crippen molar-refractivity contribution in [1.29, 1.82) is 0 Å². The van der Waals surface area contributed by atoms with Gasteiger partial charge in [-0.25, -0.2) is 10.4 Å². The summed E-state index contributed by atoms with van der Waals surface area (Å²) < 4.78 is 13.1. The summed E-state index contributed by atoms with van der Waals surface area (Å²) in [6, 6.07) is 11.0. The van der Waals surface area contributed by atoms with E-state index in [1.54, 1.807) is 25.5 Å². The second-order valence-electron chi connectivity index (χ2n) is 6.56. The lowest BCUT2D eigenvalue weighted by Gasteiger charge is -2.10. The van der Waals surface area contributed by atoms with Crippen molar-refractivity contribution >= 4 is 23.2 Å². The predicted molar refractivity (Wildman–Crippen MR) is 114 cm³/mol. The third-order valence-corrected chi connectivity index (χ3v) is 4.55. The largest absolute Gasteiger partial charge is 0.493 e. The summed E-state index contributed by atoms with van der Waals surface area (Å²) in [7, 11) is 1.59. The third-order valence-electron chi connectivity index (χ3n) is 4.55. The molecule has 0 aliphatic heterocycles. The Labute approximate surface area is 170 Å². The molecule has 0 spiro atoms. The molecule has 7 nitrogen and oxygen atoms in total. The van der Waals surface area contributed by atoms with Crippen LogP contribution in [0.15, 0.2) is 41.5 Å². The maximum Gasteiger partial charge on any atom is 0.271 e. The quantitative estimate of drug-likeness (QED) is 0.464. The van der Waals surface area contributed by atoms with E-state index < -0.39 is 0 Å². The Bertz CT molecular complexity index is 1040. The number of hydrogen-bond acceptors (Lipinski definition) is 5. The first kappa shape index (κ1) is 20.4. The number of nitrogens with one attached hydrogen (secondary N) is 1. The molecule has 0 aliphatic carbocycles. The number of hydrazone groups is 1. The molecule has 0 saturated heterocycles. The summed E-state index contributed by atoms with van der Waals surface area (Å²) in [5.41, 5.74) is 5.67. The molecule has 7 heteroatoms. The van der Waals surface area contributed by atoms with E-state index in [1.165, 1.54) is 0 Å². The van der Waals surface area contributed by atoms with E-state index in [4.69, 9.17) is 9.47 Å². The zero-order valence-electron chi connectivity index (χ0n) is 17.2. The van der Waals surface area contributed by atoms with Crippen molar-refractivity contribution in [2.75, 3.05) is 13.7 Å². The maximum absolute atomic E-state index is 12.4. The lowest BCUT2D eigenvalue weighted by molar-refractivity contribution is 0.0955. The van der Waals surface area contributed by atoms with E-state index in [-0.39, 0.29) is 5.91 Å². The van der Waals surface area contributed by atoms with Crippen molar-refractivity contribution in [3.63, 3.8) is 0 Å². The number of nitrogens with zero attached hydrogens (tertiary/aromatic N) is 3. The van der Waals surface area contributed by atoms with Crippen LogP contribution in [0.5, 0.6) is 11.5 Å². The fraction of sp³-hybridized carbons (Fsp3) is 0.318. The van der Waals surface area contributed by atoms with Crippen LogP contribution in [0.25, 0.3) is 11.0 Å². The van der Waals surface area contributed by atoms with Gasteiger partial charge in [0.15, 0.2) is 11.5 Å². The van der Waals surface area contributed by atoms with Crippen LogP contribution in [-0.4, -0.2) is 35.4 Å². The Kier molecular flexibility index (Phi) is 6.49. The van der Waals surface area contributed by atoms with Crippen molar-refractivity contribution in [3.8, 4) is 11.5 Å². The fourth-order valence-electron chi connectivity index (χ4n) is 3.12. The molecule has 1 N–H and O–H groups in total. The van der Waals surface area contributed by atoms with Gasteiger partial charge in [-0.3, -0.25) is 4.79 Å². The zero-order valence-corrected chi connectivity index (χ0v) is 17.2. The molecule has 0 radical (unpaired) electrons. The number of aryl methyl sites for hydroxylation is 2. The predicted octanol–water partition coefficient (Wildman–Crippen LogP) is 3.93. The molecule has 0 atom stereocenters. The summed E-state index contributed by atoms with van der Waals surface area (Å²) in [5, 5.41) is 4.06. The topological polar surface area (TPSA) is 77.7 Å². The van der Waals surface area contributed by atoms with Crippen LogP contribution in [0.1, 0.15) is 42.0 Å². The minimum atomic E-state index is -0.290. The van der Waals surface area contributed by atoms with Gasteiger partial charge in [0.2, 0.25) is 0 Å². The van der Waals surface area contributed by atoms with Crippen LogP contribution < -0.4 is 14.9 Å². The highest BCUT2D eigenvalue weighted by molar-refractivity contribution is 5.98. The van der Waals surface area contributed by atoms with Crippen LogP contribution in [-0.2, 0) is 6.54 Å². The average Bonchev–Trinajstić information content (AvgIpc) is 3.06. The highest BCUT2D eigenvalue weighted by atomic mass is 16.5. The van der Waals surface area contributed by atoms with Crippen LogP contribution in [0.4, 0.5) is 0 Å². The van der Waals surface area contributed by atoms with Gasteiger partial charge in [0.25, 0.3) is 5.91 Å². The maximum atomic E-state index is 12.4. The monoisotopic (exact) mass is 394 g/mol. The molecule has 0 saturated carbocycles. The normalized spacial score (nSPS) is 11.2. The summed E-state index contributed by atoms with van der Waals surface area (Å²) in [6.45, 7) is 7.54. The molecule has 3 aromatic rings. The summed E-state index contributed by atoms with van der Waals surface area (Å²) in [4.78, 5) is 17.0. The molecule has 0 bridgehead atoms. The summed E-state index contributed by atoms with van der Waals surface area (Å²) in [5.74, 6) is 1.95. The lowest BCUT2D eigenvalue weighted by atomic mass is 10.2. The lowest BCUT2D eigenvalue weighted by Crippen LogP contribution is -2.17. The number of carbonyl (C=O) groups is 1. The van der Waals surface area contributed by atoms with Gasteiger partial charge < -0.3 is 14.0 Å². The number of methoxy groups -OCH3 is 1. The second kappa shape index (κ2) is 9.23. The Morgan fingerprint density at radius 1 is 1.21 bits per heavy atom. The number of ether oxygens (including phenoxy) is 2. The van der Waals surface area contributed by atoms with Gasteiger partial charge in [-0.15, -0.1) is 0 Å². The minimum Gasteiger partial charge on any atom is -0.493 e. The van der Waals surface area contributed by atoms with Gasteiger partial charge in [-0.05, 0) is 62.2 Å². The number of benzene rings is 2. The third kappa shape index (κ3) is 4.56. The molecule has 1 amide bonds. The molecule has 152 valence electrons. The first-order valence-electron chi connectivity index (χ1n) is 9.68. The molecule has 29 heavy (non-hydrogen) atoms. The number of amides is 1. The van der Waals surface area contributed by atoms with Crippen LogP contribution in [0, 0.1) is 6.92 Å². The Morgan fingerprint density at radius 3 is 2.76 bits per heavy atom. The molecule has 1 heterocycles. The smallest absolute Gasteiger partial charge is 0.271 e. The number of carbonyl (C=O) groups excluding carboxylic acids is 1. The van der Waals surface area contributed by atoms with Gasteiger partial charge in [-0.2, -0.15) is 5.10 Å². The van der Waals surface area contributed by atoms with E-state index >= 15 is 0 Å². The second-order valence-corrected chi connectivity index (χ2v) is 6.56. The number of rotatable bonds is 8. The molecular weight excluding hydrogens is 368 g/mol. The van der Waals surface area contributed by atoms with Gasteiger partial charge in [0, 0.05) is 12.1 Å². The summed E-state index contributed by atoms with van der Waals surface area (Å²) >= 11 is 0.